The molecule has 1 aliphatic heterocycles. The minimum atomic E-state index is -3.49. The van der Waals surface area contributed by atoms with Crippen molar-refractivity contribution >= 4 is 33.0 Å². The molecule has 1 saturated heterocycles. The second-order valence-corrected chi connectivity index (χ2v) is 8.78. The Kier molecular flexibility index (Phi) is 5.98. The Morgan fingerprint density at radius 3 is 2.57 bits per heavy atom. The monoisotopic (exact) mass is 352 g/mol. The van der Waals surface area contributed by atoms with Crippen molar-refractivity contribution in [3.05, 3.63) is 10.2 Å². The Labute approximate surface area is 135 Å². The van der Waals surface area contributed by atoms with Crippen LogP contribution in [0.2, 0.25) is 4.47 Å². The lowest BCUT2D eigenvalue weighted by Gasteiger charge is -2.32. The van der Waals surface area contributed by atoms with Crippen molar-refractivity contribution in [1.82, 2.24) is 19.5 Å². The molecule has 2 rings (SSSR count). The van der Waals surface area contributed by atoms with Crippen LogP contribution in [0.15, 0.2) is 4.21 Å². The van der Waals surface area contributed by atoms with Gasteiger partial charge in [-0.05, 0) is 26.9 Å². The van der Waals surface area contributed by atoms with Gasteiger partial charge in [0.1, 0.15) is 0 Å². The minimum absolute atomic E-state index is 0.215. The SMILES string of the molecule is Cc1nc(Cl)sc1S(=O)(=O)NCCCN1CCN(C)CC1. The number of nitrogens with one attached hydrogen (secondary N) is 1. The first kappa shape index (κ1) is 17.1. The smallest absolute Gasteiger partial charge is 0.251 e. The van der Waals surface area contributed by atoms with Crippen LogP contribution in [0.3, 0.4) is 0 Å². The van der Waals surface area contributed by atoms with E-state index in [9.17, 15) is 8.42 Å². The van der Waals surface area contributed by atoms with Gasteiger partial charge in [-0.2, -0.15) is 0 Å². The number of aryl methyl sites for hydroxylation is 1. The molecule has 1 fully saturated rings. The van der Waals surface area contributed by atoms with Crippen molar-refractivity contribution in [3.8, 4) is 0 Å². The third kappa shape index (κ3) is 4.87. The molecule has 1 N–H and O–H groups in total. The summed E-state index contributed by atoms with van der Waals surface area (Å²) in [5, 5.41) is 0. The number of hydrogen-bond donors (Lipinski definition) is 1. The second kappa shape index (κ2) is 7.34. The van der Waals surface area contributed by atoms with Gasteiger partial charge in [-0.3, -0.25) is 0 Å². The number of halogens is 1. The van der Waals surface area contributed by atoms with Crippen LogP contribution in [0.4, 0.5) is 0 Å². The highest BCUT2D eigenvalue weighted by Crippen LogP contribution is 2.26. The predicted molar refractivity (Wildman–Crippen MR) is 85.6 cm³/mol. The van der Waals surface area contributed by atoms with Gasteiger partial charge in [0.15, 0.2) is 8.68 Å². The van der Waals surface area contributed by atoms with Crippen LogP contribution < -0.4 is 4.72 Å². The van der Waals surface area contributed by atoms with Crippen LogP contribution in [0.25, 0.3) is 0 Å². The molecule has 120 valence electrons. The molecular weight excluding hydrogens is 332 g/mol. The van der Waals surface area contributed by atoms with Crippen LogP contribution in [-0.4, -0.2) is 69.5 Å². The van der Waals surface area contributed by atoms with Crippen molar-refractivity contribution in [2.75, 3.05) is 46.3 Å². The van der Waals surface area contributed by atoms with Crippen molar-refractivity contribution in [2.24, 2.45) is 0 Å². The second-order valence-electron chi connectivity index (χ2n) is 5.24. The number of hydrogen-bond acceptors (Lipinski definition) is 6. The van der Waals surface area contributed by atoms with Gasteiger partial charge in [0.2, 0.25) is 0 Å². The molecule has 0 saturated carbocycles. The van der Waals surface area contributed by atoms with Crippen molar-refractivity contribution in [2.45, 2.75) is 17.6 Å². The summed E-state index contributed by atoms with van der Waals surface area (Å²) in [5.74, 6) is 0. The molecule has 0 aromatic carbocycles. The topological polar surface area (TPSA) is 65.5 Å². The quantitative estimate of drug-likeness (QED) is 0.774. The fourth-order valence-electron chi connectivity index (χ4n) is 2.25. The molecule has 1 aromatic heterocycles. The predicted octanol–water partition coefficient (Wildman–Crippen LogP) is 1.02. The highest BCUT2D eigenvalue weighted by atomic mass is 35.5. The average Bonchev–Trinajstić information content (AvgIpc) is 2.77. The van der Waals surface area contributed by atoms with Gasteiger partial charge in [0, 0.05) is 32.7 Å². The lowest BCUT2D eigenvalue weighted by molar-refractivity contribution is 0.153. The number of likely N-dealkylation sites (N-methyl/N-ethyl adjacent to an activating group) is 1. The Morgan fingerprint density at radius 2 is 2.00 bits per heavy atom. The molecule has 0 spiro atoms. The summed E-state index contributed by atoms with van der Waals surface area (Å²) in [6.07, 6.45) is 0.800. The molecule has 6 nitrogen and oxygen atoms in total. The standard InChI is InChI=1S/C12H21ClN4O2S2/c1-10-11(20-12(13)15-10)21(18,19)14-4-3-5-17-8-6-16(2)7-9-17/h14H,3-9H2,1-2H3. The van der Waals surface area contributed by atoms with Crippen LogP contribution in [0.1, 0.15) is 12.1 Å². The highest BCUT2D eigenvalue weighted by Gasteiger charge is 2.21. The zero-order valence-corrected chi connectivity index (χ0v) is 14.7. The van der Waals surface area contributed by atoms with Gasteiger partial charge in [-0.1, -0.05) is 22.9 Å². The summed E-state index contributed by atoms with van der Waals surface area (Å²) in [5.41, 5.74) is 0.455. The molecule has 1 aliphatic rings. The molecule has 0 radical (unpaired) electrons. The van der Waals surface area contributed by atoms with Crippen molar-refractivity contribution in [3.63, 3.8) is 0 Å². The van der Waals surface area contributed by atoms with Crippen molar-refractivity contribution < 1.29 is 8.42 Å². The van der Waals surface area contributed by atoms with Gasteiger partial charge in [-0.25, -0.2) is 18.1 Å². The molecule has 2 heterocycles. The highest BCUT2D eigenvalue weighted by molar-refractivity contribution is 7.91. The van der Waals surface area contributed by atoms with E-state index >= 15 is 0 Å². The molecule has 21 heavy (non-hydrogen) atoms. The Balaban J connectivity index is 1.76. The zero-order valence-electron chi connectivity index (χ0n) is 12.3. The largest absolute Gasteiger partial charge is 0.304 e. The molecule has 9 heteroatoms. The molecule has 0 unspecified atom stereocenters. The molecule has 0 atom stereocenters. The third-order valence-corrected chi connectivity index (χ3v) is 6.84. The fraction of sp³-hybridized carbons (Fsp3) is 0.750. The summed E-state index contributed by atoms with van der Waals surface area (Å²) in [7, 11) is -1.37. The third-order valence-electron chi connectivity index (χ3n) is 3.51. The lowest BCUT2D eigenvalue weighted by Crippen LogP contribution is -2.45. The van der Waals surface area contributed by atoms with E-state index in [4.69, 9.17) is 11.6 Å². The lowest BCUT2D eigenvalue weighted by atomic mass is 10.3. The van der Waals surface area contributed by atoms with Crippen LogP contribution in [0, 0.1) is 6.92 Å². The first-order chi connectivity index (χ1) is 9.88. The maximum atomic E-state index is 12.1. The Hall–Kier alpha value is -0.250. The molecular formula is C12H21ClN4O2S2. The van der Waals surface area contributed by atoms with E-state index in [1.165, 1.54) is 0 Å². The summed E-state index contributed by atoms with van der Waals surface area (Å²) in [4.78, 5) is 8.60. The number of sulfonamides is 1. The maximum absolute atomic E-state index is 12.1. The molecule has 0 bridgehead atoms. The minimum Gasteiger partial charge on any atom is -0.304 e. The van der Waals surface area contributed by atoms with Gasteiger partial charge < -0.3 is 9.80 Å². The number of thiazole rings is 1. The van der Waals surface area contributed by atoms with E-state index in [0.717, 1.165) is 50.5 Å². The van der Waals surface area contributed by atoms with Crippen LogP contribution >= 0.6 is 22.9 Å². The van der Waals surface area contributed by atoms with E-state index < -0.39 is 10.0 Å². The summed E-state index contributed by atoms with van der Waals surface area (Å²) in [6.45, 7) is 7.25. The van der Waals surface area contributed by atoms with E-state index in [1.54, 1.807) is 6.92 Å². The van der Waals surface area contributed by atoms with Gasteiger partial charge in [0.25, 0.3) is 10.0 Å². The van der Waals surface area contributed by atoms with E-state index in [-0.39, 0.29) is 8.68 Å². The number of piperazine rings is 1. The Morgan fingerprint density at radius 1 is 1.33 bits per heavy atom. The molecule has 0 aliphatic carbocycles. The van der Waals surface area contributed by atoms with Gasteiger partial charge in [-0.15, -0.1) is 0 Å². The molecule has 1 aromatic rings. The number of nitrogens with zero attached hydrogens (tertiary/aromatic N) is 3. The first-order valence-electron chi connectivity index (χ1n) is 6.92. The van der Waals surface area contributed by atoms with Crippen LogP contribution in [-0.2, 0) is 10.0 Å². The van der Waals surface area contributed by atoms with E-state index in [1.807, 2.05) is 0 Å². The fourth-order valence-corrected chi connectivity index (χ4v) is 5.10. The summed E-state index contributed by atoms with van der Waals surface area (Å²) in [6, 6.07) is 0. The average molecular weight is 353 g/mol. The van der Waals surface area contributed by atoms with Crippen LogP contribution in [0.5, 0.6) is 0 Å². The van der Waals surface area contributed by atoms with E-state index in [2.05, 4.69) is 26.6 Å². The molecule has 0 amide bonds. The summed E-state index contributed by atoms with van der Waals surface area (Å²) < 4.78 is 27.4. The summed E-state index contributed by atoms with van der Waals surface area (Å²) >= 11 is 6.75. The first-order valence-corrected chi connectivity index (χ1v) is 9.60. The number of rotatable bonds is 6. The van der Waals surface area contributed by atoms with Gasteiger partial charge in [0.05, 0.1) is 5.69 Å². The zero-order chi connectivity index (χ0) is 15.5. The normalized spacial score (nSPS) is 18.2. The number of aromatic nitrogens is 1. The maximum Gasteiger partial charge on any atom is 0.251 e. The van der Waals surface area contributed by atoms with Gasteiger partial charge >= 0.3 is 0 Å². The van der Waals surface area contributed by atoms with E-state index in [0.29, 0.717) is 12.2 Å². The van der Waals surface area contributed by atoms with Crippen molar-refractivity contribution in [1.29, 1.82) is 0 Å². The Bertz CT molecular complexity index is 568.